The predicted octanol–water partition coefficient (Wildman–Crippen LogP) is 6.87. The van der Waals surface area contributed by atoms with E-state index in [-0.39, 0.29) is 17.0 Å². The summed E-state index contributed by atoms with van der Waals surface area (Å²) in [5.41, 5.74) is 3.76. The molecule has 5 nitrogen and oxygen atoms in total. The quantitative estimate of drug-likeness (QED) is 0.208. The first-order valence-electron chi connectivity index (χ1n) is 10.9. The molecule has 0 spiro atoms. The molecule has 7 heteroatoms. The number of hydrogen-bond acceptors (Lipinski definition) is 5. The molecule has 3 aromatic carbocycles. The lowest BCUT2D eigenvalue weighted by Crippen LogP contribution is -2.10. The molecule has 0 unspecified atom stereocenters. The first kappa shape index (κ1) is 24.0. The van der Waals surface area contributed by atoms with E-state index in [0.717, 1.165) is 11.3 Å². The van der Waals surface area contributed by atoms with Crippen LogP contribution in [0.15, 0.2) is 78.0 Å². The second-order valence-corrected chi connectivity index (χ2v) is 10.3. The number of Topliss-reactive ketones (excluding diaryl/α,β-unsaturated/α-hetero) is 1. The molecule has 0 radical (unpaired) electrons. The van der Waals surface area contributed by atoms with E-state index in [1.54, 1.807) is 31.4 Å². The van der Waals surface area contributed by atoms with Crippen LogP contribution in [-0.2, 0) is 5.41 Å². The van der Waals surface area contributed by atoms with Gasteiger partial charge in [-0.3, -0.25) is 9.36 Å². The highest BCUT2D eigenvalue weighted by Crippen LogP contribution is 2.31. The third-order valence-electron chi connectivity index (χ3n) is 5.47. The summed E-state index contributed by atoms with van der Waals surface area (Å²) in [5, 5.41) is 10.2. The first-order valence-corrected chi connectivity index (χ1v) is 12.2. The Morgan fingerprint density at radius 1 is 0.941 bits per heavy atom. The van der Waals surface area contributed by atoms with Gasteiger partial charge in [-0.25, -0.2) is 0 Å². The monoisotopic (exact) mass is 491 g/mol. The maximum Gasteiger partial charge on any atom is 0.196 e. The maximum atomic E-state index is 12.8. The average Bonchev–Trinajstić information content (AvgIpc) is 3.26. The zero-order chi connectivity index (χ0) is 24.3. The summed E-state index contributed by atoms with van der Waals surface area (Å²) in [4.78, 5) is 12.8. The van der Waals surface area contributed by atoms with Gasteiger partial charge in [0, 0.05) is 21.8 Å². The normalized spacial score (nSPS) is 11.4. The molecule has 0 atom stereocenters. The van der Waals surface area contributed by atoms with Crippen molar-refractivity contribution in [1.82, 2.24) is 14.8 Å². The van der Waals surface area contributed by atoms with E-state index in [1.165, 1.54) is 17.3 Å². The fourth-order valence-electron chi connectivity index (χ4n) is 3.48. The van der Waals surface area contributed by atoms with Gasteiger partial charge in [0.15, 0.2) is 16.8 Å². The summed E-state index contributed by atoms with van der Waals surface area (Å²) in [6.45, 7) is 6.56. The smallest absolute Gasteiger partial charge is 0.196 e. The standard InChI is InChI=1S/C27H26ClN3O2S/c1-27(2,3)20-9-5-19(6-10-20)25-29-30-26(31(25)22-13-11-21(28)12-14-22)34-17-24(32)18-7-15-23(33-4)16-8-18/h5-16H,17H2,1-4H3. The van der Waals surface area contributed by atoms with Gasteiger partial charge >= 0.3 is 0 Å². The molecule has 0 amide bonds. The van der Waals surface area contributed by atoms with Crippen LogP contribution < -0.4 is 4.74 Å². The number of carbonyl (C=O) groups excluding carboxylic acids is 1. The van der Waals surface area contributed by atoms with Gasteiger partial charge in [-0.2, -0.15) is 0 Å². The molecule has 34 heavy (non-hydrogen) atoms. The molecule has 0 saturated heterocycles. The van der Waals surface area contributed by atoms with Gasteiger partial charge in [0.25, 0.3) is 0 Å². The Morgan fingerprint density at radius 3 is 2.18 bits per heavy atom. The lowest BCUT2D eigenvalue weighted by Gasteiger charge is -2.19. The third kappa shape index (κ3) is 5.34. The second-order valence-electron chi connectivity index (χ2n) is 8.89. The van der Waals surface area contributed by atoms with Crippen molar-refractivity contribution in [3.8, 4) is 22.8 Å². The Balaban J connectivity index is 1.65. The van der Waals surface area contributed by atoms with Gasteiger partial charge in [0.2, 0.25) is 0 Å². The summed E-state index contributed by atoms with van der Waals surface area (Å²) >= 11 is 7.48. The molecule has 0 fully saturated rings. The minimum absolute atomic E-state index is 0.00869. The van der Waals surface area contributed by atoms with Crippen molar-refractivity contribution in [3.63, 3.8) is 0 Å². The number of thioether (sulfide) groups is 1. The third-order valence-corrected chi connectivity index (χ3v) is 6.65. The van der Waals surface area contributed by atoms with Gasteiger partial charge < -0.3 is 4.74 Å². The van der Waals surface area contributed by atoms with Crippen molar-refractivity contribution in [1.29, 1.82) is 0 Å². The van der Waals surface area contributed by atoms with Crippen molar-refractivity contribution in [3.05, 3.63) is 88.9 Å². The van der Waals surface area contributed by atoms with E-state index in [2.05, 4.69) is 55.2 Å². The van der Waals surface area contributed by atoms with Crippen molar-refractivity contribution < 1.29 is 9.53 Å². The average molecular weight is 492 g/mol. The largest absolute Gasteiger partial charge is 0.497 e. The Labute approximate surface area is 209 Å². The van der Waals surface area contributed by atoms with E-state index in [1.807, 2.05) is 28.8 Å². The highest BCUT2D eigenvalue weighted by Gasteiger charge is 2.19. The Hall–Kier alpha value is -3.09. The molecule has 1 aromatic heterocycles. The van der Waals surface area contributed by atoms with Crippen LogP contribution >= 0.6 is 23.4 Å². The van der Waals surface area contributed by atoms with E-state index in [0.29, 0.717) is 27.3 Å². The number of aromatic nitrogens is 3. The molecule has 0 aliphatic heterocycles. The number of rotatable bonds is 7. The van der Waals surface area contributed by atoms with Crippen LogP contribution in [-0.4, -0.2) is 33.4 Å². The summed E-state index contributed by atoms with van der Waals surface area (Å²) in [5.74, 6) is 1.67. The number of ketones is 1. The van der Waals surface area contributed by atoms with Gasteiger partial charge in [0.1, 0.15) is 5.75 Å². The molecular formula is C27H26ClN3O2S. The highest BCUT2D eigenvalue weighted by molar-refractivity contribution is 7.99. The van der Waals surface area contributed by atoms with E-state index in [9.17, 15) is 4.79 Å². The van der Waals surface area contributed by atoms with E-state index in [4.69, 9.17) is 16.3 Å². The van der Waals surface area contributed by atoms with Crippen LogP contribution in [0.2, 0.25) is 5.02 Å². The minimum atomic E-state index is 0.00869. The molecule has 0 saturated carbocycles. The molecular weight excluding hydrogens is 466 g/mol. The Bertz CT molecular complexity index is 1280. The maximum absolute atomic E-state index is 12.8. The topological polar surface area (TPSA) is 57.0 Å². The molecule has 0 N–H and O–H groups in total. The van der Waals surface area contributed by atoms with Gasteiger partial charge in [-0.1, -0.05) is 68.4 Å². The SMILES string of the molecule is COc1ccc(C(=O)CSc2nnc(-c3ccc(C(C)(C)C)cc3)n2-c2ccc(Cl)cc2)cc1. The van der Waals surface area contributed by atoms with Crippen LogP contribution in [0, 0.1) is 0 Å². The lowest BCUT2D eigenvalue weighted by atomic mass is 9.87. The van der Waals surface area contributed by atoms with Gasteiger partial charge in [0.05, 0.1) is 12.9 Å². The summed E-state index contributed by atoms with van der Waals surface area (Å²) in [6.07, 6.45) is 0. The molecule has 1 heterocycles. The number of benzene rings is 3. The van der Waals surface area contributed by atoms with Crippen LogP contribution in [0.25, 0.3) is 17.1 Å². The zero-order valence-electron chi connectivity index (χ0n) is 19.6. The Morgan fingerprint density at radius 2 is 1.59 bits per heavy atom. The van der Waals surface area contributed by atoms with Crippen molar-refractivity contribution >= 4 is 29.1 Å². The summed E-state index contributed by atoms with van der Waals surface area (Å²) in [6, 6.07) is 23.0. The van der Waals surface area contributed by atoms with Crippen LogP contribution in [0.3, 0.4) is 0 Å². The second kappa shape index (κ2) is 10.0. The van der Waals surface area contributed by atoms with E-state index < -0.39 is 0 Å². The van der Waals surface area contributed by atoms with Crippen LogP contribution in [0.5, 0.6) is 5.75 Å². The number of ether oxygens (including phenoxy) is 1. The minimum Gasteiger partial charge on any atom is -0.497 e. The Kier molecular flexibility index (Phi) is 7.10. The fourth-order valence-corrected chi connectivity index (χ4v) is 4.46. The number of carbonyl (C=O) groups is 1. The fraction of sp³-hybridized carbons (Fsp3) is 0.222. The summed E-state index contributed by atoms with van der Waals surface area (Å²) in [7, 11) is 1.60. The lowest BCUT2D eigenvalue weighted by molar-refractivity contribution is 0.102. The van der Waals surface area contributed by atoms with Crippen LogP contribution in [0.4, 0.5) is 0 Å². The number of nitrogens with zero attached hydrogens (tertiary/aromatic N) is 3. The molecule has 4 aromatic rings. The number of hydrogen-bond donors (Lipinski definition) is 0. The van der Waals surface area contributed by atoms with E-state index >= 15 is 0 Å². The molecule has 174 valence electrons. The summed E-state index contributed by atoms with van der Waals surface area (Å²) < 4.78 is 7.14. The van der Waals surface area contributed by atoms with Crippen molar-refractivity contribution in [2.45, 2.75) is 31.3 Å². The van der Waals surface area contributed by atoms with Crippen LogP contribution in [0.1, 0.15) is 36.7 Å². The molecule has 0 aliphatic carbocycles. The number of methoxy groups -OCH3 is 1. The number of halogens is 1. The van der Waals surface area contributed by atoms with Gasteiger partial charge in [-0.05, 0) is 59.5 Å². The van der Waals surface area contributed by atoms with Gasteiger partial charge in [-0.15, -0.1) is 10.2 Å². The van der Waals surface area contributed by atoms with Crippen molar-refractivity contribution in [2.75, 3.05) is 12.9 Å². The van der Waals surface area contributed by atoms with Crippen molar-refractivity contribution in [2.24, 2.45) is 0 Å². The first-order chi connectivity index (χ1) is 16.3. The highest BCUT2D eigenvalue weighted by atomic mass is 35.5. The zero-order valence-corrected chi connectivity index (χ0v) is 21.2. The predicted molar refractivity (Wildman–Crippen MR) is 139 cm³/mol. The molecule has 4 rings (SSSR count). The molecule has 0 aliphatic rings. The molecule has 0 bridgehead atoms.